The number of aryl methyl sites for hydroxylation is 2. The summed E-state index contributed by atoms with van der Waals surface area (Å²) in [7, 11) is 0. The number of amides is 1. The number of hydrogen-bond donors (Lipinski definition) is 0. The molecule has 27 heavy (non-hydrogen) atoms. The third-order valence-electron chi connectivity index (χ3n) is 5.20. The number of nitrogens with zero attached hydrogens (tertiary/aromatic N) is 5. The molecule has 1 aromatic carbocycles. The molecule has 4 rings (SSSR count). The number of hydrogen-bond acceptors (Lipinski definition) is 4. The van der Waals surface area contributed by atoms with Gasteiger partial charge in [-0.1, -0.05) is 24.3 Å². The van der Waals surface area contributed by atoms with Gasteiger partial charge in [0.25, 0.3) is 5.91 Å². The third-order valence-corrected chi connectivity index (χ3v) is 5.20. The normalized spacial score (nSPS) is 16.6. The van der Waals surface area contributed by atoms with Gasteiger partial charge in [-0.25, -0.2) is 0 Å². The number of para-hydroxylation sites is 1. The van der Waals surface area contributed by atoms with Crippen molar-refractivity contribution < 1.29 is 4.79 Å². The first-order valence-electron chi connectivity index (χ1n) is 9.41. The number of pyridine rings is 1. The average Bonchev–Trinajstić information content (AvgIpc) is 3.36. The van der Waals surface area contributed by atoms with Crippen molar-refractivity contribution in [1.29, 1.82) is 0 Å². The van der Waals surface area contributed by atoms with Crippen LogP contribution in [0.3, 0.4) is 0 Å². The Labute approximate surface area is 158 Å². The summed E-state index contributed by atoms with van der Waals surface area (Å²) in [6.07, 6.45) is 7.16. The first-order chi connectivity index (χ1) is 13.2. The third kappa shape index (κ3) is 3.60. The molecule has 1 fully saturated rings. The molecule has 6 nitrogen and oxygen atoms in total. The molecule has 1 saturated heterocycles. The number of carbonyl (C=O) groups excluding carboxylic acids is 1. The van der Waals surface area contributed by atoms with E-state index in [1.54, 1.807) is 12.5 Å². The Bertz CT molecular complexity index is 921. The van der Waals surface area contributed by atoms with Gasteiger partial charge in [0.15, 0.2) is 0 Å². The van der Waals surface area contributed by atoms with E-state index in [9.17, 15) is 4.79 Å². The molecule has 0 aliphatic carbocycles. The number of likely N-dealkylation sites (tertiary alicyclic amines) is 1. The topological polar surface area (TPSA) is 63.9 Å². The van der Waals surface area contributed by atoms with Crippen LogP contribution < -0.4 is 0 Å². The van der Waals surface area contributed by atoms with E-state index in [0.717, 1.165) is 49.3 Å². The molecule has 1 atom stereocenters. The predicted molar refractivity (Wildman–Crippen MR) is 103 cm³/mol. The van der Waals surface area contributed by atoms with Crippen molar-refractivity contribution in [3.05, 3.63) is 72.1 Å². The zero-order valence-corrected chi connectivity index (χ0v) is 15.5. The summed E-state index contributed by atoms with van der Waals surface area (Å²) < 4.78 is 2.02. The number of aromatic nitrogens is 4. The SMILES string of the molecule is Cc1cccnc1C(=O)N1CCCC1CCc1nncn1-c1ccccc1. The smallest absolute Gasteiger partial charge is 0.272 e. The summed E-state index contributed by atoms with van der Waals surface area (Å²) in [6, 6.07) is 14.1. The van der Waals surface area contributed by atoms with Gasteiger partial charge in [0, 0.05) is 30.9 Å². The zero-order chi connectivity index (χ0) is 18.6. The van der Waals surface area contributed by atoms with E-state index in [2.05, 4.69) is 15.2 Å². The van der Waals surface area contributed by atoms with Gasteiger partial charge in [-0.3, -0.25) is 14.3 Å². The predicted octanol–water partition coefficient (Wildman–Crippen LogP) is 3.21. The number of carbonyl (C=O) groups is 1. The van der Waals surface area contributed by atoms with Gasteiger partial charge in [0.05, 0.1) is 0 Å². The monoisotopic (exact) mass is 361 g/mol. The number of benzene rings is 1. The summed E-state index contributed by atoms with van der Waals surface area (Å²) in [5.74, 6) is 0.967. The van der Waals surface area contributed by atoms with Crippen molar-refractivity contribution in [1.82, 2.24) is 24.6 Å². The van der Waals surface area contributed by atoms with Gasteiger partial charge >= 0.3 is 0 Å². The lowest BCUT2D eigenvalue weighted by atomic mass is 10.1. The van der Waals surface area contributed by atoms with E-state index in [1.807, 2.05) is 58.9 Å². The lowest BCUT2D eigenvalue weighted by Crippen LogP contribution is -2.36. The molecule has 3 aromatic rings. The molecule has 1 amide bonds. The minimum Gasteiger partial charge on any atom is -0.334 e. The highest BCUT2D eigenvalue weighted by molar-refractivity contribution is 5.94. The van der Waals surface area contributed by atoms with Gasteiger partial charge in [-0.05, 0) is 49.9 Å². The summed E-state index contributed by atoms with van der Waals surface area (Å²) in [5.41, 5.74) is 2.55. The van der Waals surface area contributed by atoms with Crippen molar-refractivity contribution in [3.8, 4) is 5.69 Å². The second-order valence-corrected chi connectivity index (χ2v) is 6.95. The van der Waals surface area contributed by atoms with E-state index in [-0.39, 0.29) is 11.9 Å². The molecule has 0 bridgehead atoms. The van der Waals surface area contributed by atoms with E-state index in [1.165, 1.54) is 0 Å². The highest BCUT2D eigenvalue weighted by Gasteiger charge is 2.30. The summed E-state index contributed by atoms with van der Waals surface area (Å²) >= 11 is 0. The number of rotatable bonds is 5. The van der Waals surface area contributed by atoms with Crippen molar-refractivity contribution in [2.24, 2.45) is 0 Å². The highest BCUT2D eigenvalue weighted by Crippen LogP contribution is 2.24. The Balaban J connectivity index is 1.47. The standard InChI is InChI=1S/C21H23N5O/c1-16-7-5-13-22-20(16)21(27)25-14-6-10-18(25)11-12-19-24-23-15-26(19)17-8-3-2-4-9-17/h2-5,7-9,13,15,18H,6,10-12,14H2,1H3. The van der Waals surface area contributed by atoms with Crippen LogP contribution in [0.1, 0.15) is 41.1 Å². The van der Waals surface area contributed by atoms with E-state index >= 15 is 0 Å². The lowest BCUT2D eigenvalue weighted by molar-refractivity contribution is 0.0723. The van der Waals surface area contributed by atoms with Gasteiger partial charge in [0.2, 0.25) is 0 Å². The fourth-order valence-electron chi connectivity index (χ4n) is 3.78. The average molecular weight is 361 g/mol. The first-order valence-corrected chi connectivity index (χ1v) is 9.41. The van der Waals surface area contributed by atoms with Crippen LogP contribution in [0, 0.1) is 6.92 Å². The molecule has 0 N–H and O–H groups in total. The molecule has 0 radical (unpaired) electrons. The van der Waals surface area contributed by atoms with Crippen LogP contribution in [0.25, 0.3) is 5.69 Å². The minimum absolute atomic E-state index is 0.0418. The van der Waals surface area contributed by atoms with Crippen LogP contribution in [0.5, 0.6) is 0 Å². The fourth-order valence-corrected chi connectivity index (χ4v) is 3.78. The van der Waals surface area contributed by atoms with E-state index < -0.39 is 0 Å². The highest BCUT2D eigenvalue weighted by atomic mass is 16.2. The largest absolute Gasteiger partial charge is 0.334 e. The summed E-state index contributed by atoms with van der Waals surface area (Å²) in [4.78, 5) is 19.2. The molecule has 3 heterocycles. The van der Waals surface area contributed by atoms with Crippen LogP contribution in [-0.4, -0.2) is 43.1 Å². The molecular formula is C21H23N5O. The molecule has 1 unspecified atom stereocenters. The van der Waals surface area contributed by atoms with Crippen molar-refractivity contribution >= 4 is 5.91 Å². The van der Waals surface area contributed by atoms with Crippen LogP contribution in [0.15, 0.2) is 55.0 Å². The van der Waals surface area contributed by atoms with E-state index in [4.69, 9.17) is 0 Å². The summed E-state index contributed by atoms with van der Waals surface area (Å²) in [6.45, 7) is 2.73. The second kappa shape index (κ2) is 7.70. The second-order valence-electron chi connectivity index (χ2n) is 6.95. The Kier molecular flexibility index (Phi) is 4.96. The molecule has 0 spiro atoms. The van der Waals surface area contributed by atoms with Crippen LogP contribution in [-0.2, 0) is 6.42 Å². The van der Waals surface area contributed by atoms with Crippen LogP contribution in [0.2, 0.25) is 0 Å². The Morgan fingerprint density at radius 3 is 2.85 bits per heavy atom. The van der Waals surface area contributed by atoms with Gasteiger partial charge in [-0.15, -0.1) is 10.2 Å². The maximum absolute atomic E-state index is 13.0. The van der Waals surface area contributed by atoms with Gasteiger partial charge in [0.1, 0.15) is 17.8 Å². The Morgan fingerprint density at radius 2 is 2.04 bits per heavy atom. The van der Waals surface area contributed by atoms with Gasteiger partial charge in [-0.2, -0.15) is 0 Å². The maximum atomic E-state index is 13.0. The fraction of sp³-hybridized carbons (Fsp3) is 0.333. The lowest BCUT2D eigenvalue weighted by Gasteiger charge is -2.25. The van der Waals surface area contributed by atoms with E-state index in [0.29, 0.717) is 5.69 Å². The maximum Gasteiger partial charge on any atom is 0.272 e. The molecule has 2 aromatic heterocycles. The van der Waals surface area contributed by atoms with Crippen molar-refractivity contribution in [3.63, 3.8) is 0 Å². The molecular weight excluding hydrogens is 338 g/mol. The van der Waals surface area contributed by atoms with Crippen LogP contribution in [0.4, 0.5) is 0 Å². The Morgan fingerprint density at radius 1 is 1.19 bits per heavy atom. The molecule has 6 heteroatoms. The van der Waals surface area contributed by atoms with Crippen molar-refractivity contribution in [2.45, 2.75) is 38.6 Å². The minimum atomic E-state index is 0.0418. The molecule has 1 aliphatic rings. The zero-order valence-electron chi connectivity index (χ0n) is 15.5. The summed E-state index contributed by atoms with van der Waals surface area (Å²) in [5, 5.41) is 8.37. The molecule has 138 valence electrons. The first kappa shape index (κ1) is 17.4. The Hall–Kier alpha value is -3.02. The van der Waals surface area contributed by atoms with Crippen LogP contribution >= 0.6 is 0 Å². The van der Waals surface area contributed by atoms with Crippen molar-refractivity contribution in [2.75, 3.05) is 6.54 Å². The van der Waals surface area contributed by atoms with Gasteiger partial charge < -0.3 is 4.90 Å². The quantitative estimate of drug-likeness (QED) is 0.700. The molecule has 1 aliphatic heterocycles. The molecule has 0 saturated carbocycles.